The summed E-state index contributed by atoms with van der Waals surface area (Å²) >= 11 is 0. The van der Waals surface area contributed by atoms with Crippen molar-refractivity contribution in [1.29, 1.82) is 0 Å². The van der Waals surface area contributed by atoms with Crippen molar-refractivity contribution < 1.29 is 9.47 Å². The lowest BCUT2D eigenvalue weighted by molar-refractivity contribution is 0.285. The molecule has 4 aliphatic rings. The summed E-state index contributed by atoms with van der Waals surface area (Å²) in [6.07, 6.45) is 17.1. The van der Waals surface area contributed by atoms with E-state index in [0.717, 1.165) is 201 Å². The summed E-state index contributed by atoms with van der Waals surface area (Å²) in [7, 11) is 0. The SMILES string of the molecule is C1=Cc2nc1c(-c1ccccc1)c1ccc([nH]1)c(-c1ccccc1)c1nc(c(-c3ccc(OCc4ccccc4COc4ccc(-c5c6nc(c(-c7ccccc7)c7ccc([nH]7)c(-c7ccccc7)c7nc(c(-c8ccccc8)c8ccc5[nH]8)C=C7)C=C6)cc4)cc3)c3ccc([nH]3)c2-c2ccccc2)C=C1. The molecule has 4 aliphatic heterocycles. The molecule has 6 aromatic heterocycles. The zero-order chi connectivity index (χ0) is 70.3. The molecule has 106 heavy (non-hydrogen) atoms. The average molecular weight is 1360 g/mol. The van der Waals surface area contributed by atoms with Crippen LogP contribution in [0.1, 0.15) is 56.7 Å². The molecule has 9 aromatic carbocycles. The maximum absolute atomic E-state index is 6.68. The number of H-pyrrole nitrogens is 4. The highest BCUT2D eigenvalue weighted by Crippen LogP contribution is 2.43. The number of benzene rings is 9. The fourth-order valence-corrected chi connectivity index (χ4v) is 15.1. The topological polar surface area (TPSA) is 133 Å². The largest absolute Gasteiger partial charge is 0.489 e. The molecule has 10 nitrogen and oxygen atoms in total. The van der Waals surface area contributed by atoms with Gasteiger partial charge in [0.05, 0.1) is 45.6 Å². The average Bonchev–Trinajstić information content (AvgIpc) is 1.62. The standard InChI is InChI=1S/C96H66N8O2/c1-7-21-61(22-8-1)89-73-43-47-77(97-73)91(63-25-11-3-12-26-63)81-51-55-85(101-81)95(86-56-52-82(102-86)92(64-27-13-4-14-28-64)78-48-44-74(89)98-78)67-35-39-71(40-36-67)105-59-69-33-19-20-34-70(69)60-106-72-41-37-68(38-42-72)96-87-57-53-83(103-87)93(65-29-15-5-16-30-65)79-49-45-75(99-79)90(62-23-9-2-10-24-62)76-46-50-80(100-76)94(66-31-17-6-18-32-66)84-54-58-88(96)104-84/h1-58,97,99,102,104H,59-60H2. The van der Waals surface area contributed by atoms with E-state index in [0.29, 0.717) is 13.2 Å². The van der Waals surface area contributed by atoms with Gasteiger partial charge in [0.25, 0.3) is 0 Å². The first-order valence-corrected chi connectivity index (χ1v) is 35.7. The van der Waals surface area contributed by atoms with Gasteiger partial charge in [-0.1, -0.05) is 231 Å². The maximum atomic E-state index is 6.68. The molecule has 0 aliphatic carbocycles. The Hall–Kier alpha value is -14.2. The minimum absolute atomic E-state index is 0.333. The summed E-state index contributed by atoms with van der Waals surface area (Å²) in [5.41, 5.74) is 32.6. The number of aromatic nitrogens is 8. The zero-order valence-corrected chi connectivity index (χ0v) is 57.5. The molecular weight excluding hydrogens is 1300 g/mol. The van der Waals surface area contributed by atoms with Gasteiger partial charge in [-0.05, 0) is 177 Å². The molecular formula is C96H66N8O2. The van der Waals surface area contributed by atoms with E-state index in [1.807, 2.05) is 36.4 Å². The molecule has 19 rings (SSSR count). The molecule has 502 valence electrons. The van der Waals surface area contributed by atoms with Gasteiger partial charge in [0.2, 0.25) is 0 Å². The van der Waals surface area contributed by atoms with Crippen LogP contribution in [0, 0.1) is 0 Å². The number of fused-ring (bicyclic) bond motifs is 16. The first kappa shape index (κ1) is 62.8. The number of ether oxygens (including phenoxy) is 2. The summed E-state index contributed by atoms with van der Waals surface area (Å²) in [5, 5.41) is 0. The normalized spacial score (nSPS) is 12.1. The van der Waals surface area contributed by atoms with E-state index in [1.54, 1.807) is 0 Å². The second-order valence-corrected chi connectivity index (χ2v) is 26.6. The monoisotopic (exact) mass is 1360 g/mol. The third-order valence-electron chi connectivity index (χ3n) is 20.1. The van der Waals surface area contributed by atoms with E-state index < -0.39 is 0 Å². The first-order chi connectivity index (χ1) is 52.5. The highest BCUT2D eigenvalue weighted by molar-refractivity contribution is 6.03. The van der Waals surface area contributed by atoms with E-state index in [9.17, 15) is 0 Å². The van der Waals surface area contributed by atoms with Crippen LogP contribution in [-0.4, -0.2) is 39.9 Å². The van der Waals surface area contributed by atoms with Gasteiger partial charge < -0.3 is 29.4 Å². The maximum Gasteiger partial charge on any atom is 0.119 e. The fourth-order valence-electron chi connectivity index (χ4n) is 15.1. The van der Waals surface area contributed by atoms with Crippen molar-refractivity contribution in [3.8, 4) is 101 Å². The fraction of sp³-hybridized carbons (Fsp3) is 0.0208. The molecule has 0 spiro atoms. The molecule has 0 radical (unpaired) electrons. The minimum atomic E-state index is 0.333. The van der Waals surface area contributed by atoms with Crippen LogP contribution in [0.25, 0.3) is 182 Å². The van der Waals surface area contributed by atoms with Gasteiger partial charge in [0.15, 0.2) is 0 Å². The van der Waals surface area contributed by atoms with Gasteiger partial charge in [0, 0.05) is 88.6 Å². The predicted octanol–water partition coefficient (Wildman–Crippen LogP) is 24.1. The lowest BCUT2D eigenvalue weighted by Crippen LogP contribution is -2.03. The number of hydrogen-bond donors (Lipinski definition) is 4. The van der Waals surface area contributed by atoms with E-state index in [2.05, 4.69) is 335 Å². The van der Waals surface area contributed by atoms with Gasteiger partial charge in [0.1, 0.15) is 24.7 Å². The van der Waals surface area contributed by atoms with Crippen LogP contribution in [0.5, 0.6) is 11.5 Å². The van der Waals surface area contributed by atoms with Gasteiger partial charge >= 0.3 is 0 Å². The van der Waals surface area contributed by atoms with Crippen molar-refractivity contribution in [2.45, 2.75) is 13.2 Å². The first-order valence-electron chi connectivity index (χ1n) is 35.7. The summed E-state index contributed by atoms with van der Waals surface area (Å²) in [4.78, 5) is 37.5. The molecule has 0 unspecified atom stereocenters. The molecule has 0 atom stereocenters. The molecule has 0 saturated carbocycles. The lowest BCUT2D eigenvalue weighted by atomic mass is 10.0. The van der Waals surface area contributed by atoms with Crippen molar-refractivity contribution in [3.63, 3.8) is 0 Å². The molecule has 4 N–H and O–H groups in total. The number of nitrogens with one attached hydrogen (secondary N) is 4. The summed E-state index contributed by atoms with van der Waals surface area (Å²) < 4.78 is 13.4. The van der Waals surface area contributed by atoms with Crippen molar-refractivity contribution in [2.24, 2.45) is 0 Å². The number of nitrogens with zero attached hydrogens (tertiary/aromatic N) is 4. The van der Waals surface area contributed by atoms with Crippen LogP contribution >= 0.6 is 0 Å². The minimum Gasteiger partial charge on any atom is -0.489 e. The van der Waals surface area contributed by atoms with Crippen molar-refractivity contribution in [1.82, 2.24) is 39.9 Å². The molecule has 0 saturated heterocycles. The zero-order valence-electron chi connectivity index (χ0n) is 57.5. The van der Waals surface area contributed by atoms with E-state index in [4.69, 9.17) is 29.4 Å². The van der Waals surface area contributed by atoms with Crippen LogP contribution in [0.4, 0.5) is 0 Å². The summed E-state index contributed by atoms with van der Waals surface area (Å²) in [6.45, 7) is 0.667. The predicted molar refractivity (Wildman–Crippen MR) is 436 cm³/mol. The Balaban J connectivity index is 0.650. The van der Waals surface area contributed by atoms with Crippen molar-refractivity contribution in [3.05, 3.63) is 360 Å². The van der Waals surface area contributed by atoms with Crippen LogP contribution in [0.3, 0.4) is 0 Å². The highest BCUT2D eigenvalue weighted by atomic mass is 16.5. The number of rotatable bonds is 14. The van der Waals surface area contributed by atoms with E-state index >= 15 is 0 Å². The Morgan fingerprint density at radius 1 is 0.179 bits per heavy atom. The van der Waals surface area contributed by atoms with Gasteiger partial charge in [-0.15, -0.1) is 0 Å². The smallest absolute Gasteiger partial charge is 0.119 e. The lowest BCUT2D eigenvalue weighted by Gasteiger charge is -2.13. The van der Waals surface area contributed by atoms with E-state index in [1.165, 1.54) is 0 Å². The molecule has 10 heterocycles. The molecule has 16 bridgehead atoms. The Morgan fingerprint density at radius 3 is 0.538 bits per heavy atom. The Morgan fingerprint density at radius 2 is 0.349 bits per heavy atom. The van der Waals surface area contributed by atoms with Crippen molar-refractivity contribution in [2.75, 3.05) is 0 Å². The van der Waals surface area contributed by atoms with Crippen LogP contribution in [0.15, 0.2) is 303 Å². The van der Waals surface area contributed by atoms with Gasteiger partial charge in [-0.3, -0.25) is 0 Å². The van der Waals surface area contributed by atoms with Crippen LogP contribution in [0.2, 0.25) is 0 Å². The second-order valence-electron chi connectivity index (χ2n) is 26.6. The highest BCUT2D eigenvalue weighted by Gasteiger charge is 2.23. The third-order valence-corrected chi connectivity index (χ3v) is 20.1. The van der Waals surface area contributed by atoms with Crippen LogP contribution in [-0.2, 0) is 13.2 Å². The quantitative estimate of drug-likeness (QED) is 0.0857. The number of aromatic amines is 4. The van der Waals surface area contributed by atoms with Gasteiger partial charge in [-0.2, -0.15) is 0 Å². The third kappa shape index (κ3) is 12.0. The van der Waals surface area contributed by atoms with Gasteiger partial charge in [-0.25, -0.2) is 19.9 Å². The molecule has 10 heteroatoms. The summed E-state index contributed by atoms with van der Waals surface area (Å²) in [5.74, 6) is 1.46. The molecule has 15 aromatic rings. The van der Waals surface area contributed by atoms with Crippen LogP contribution < -0.4 is 9.47 Å². The molecule has 0 fully saturated rings. The molecule has 0 amide bonds. The second kappa shape index (κ2) is 27.3. The Bertz CT molecular complexity index is 5920. The summed E-state index contributed by atoms with van der Waals surface area (Å²) in [6, 6.07) is 105. The Kier molecular flexibility index (Phi) is 16.2. The van der Waals surface area contributed by atoms with Crippen molar-refractivity contribution >= 4 is 92.7 Å². The van der Waals surface area contributed by atoms with E-state index in [-0.39, 0.29) is 0 Å². The Labute approximate surface area is 612 Å². The number of hydrogen-bond acceptors (Lipinski definition) is 6.